The van der Waals surface area contributed by atoms with E-state index in [9.17, 15) is 0 Å². The average Bonchev–Trinajstić information content (AvgIpc) is 2.64. The number of alkyl halides is 1. The van der Waals surface area contributed by atoms with Gasteiger partial charge in [0, 0.05) is 22.8 Å². The molecule has 1 fully saturated rings. The molecule has 1 aromatic heterocycles. The Balaban J connectivity index is 2.09. The van der Waals surface area contributed by atoms with Gasteiger partial charge in [-0.2, -0.15) is 0 Å². The van der Waals surface area contributed by atoms with Crippen molar-refractivity contribution >= 4 is 38.6 Å². The topological polar surface area (TPSA) is 17.8 Å². The van der Waals surface area contributed by atoms with Crippen molar-refractivity contribution in [1.82, 2.24) is 9.55 Å². The van der Waals surface area contributed by atoms with Gasteiger partial charge in [0.15, 0.2) is 0 Å². The number of aromatic nitrogens is 2. The van der Waals surface area contributed by atoms with E-state index in [-0.39, 0.29) is 0 Å². The van der Waals surface area contributed by atoms with E-state index >= 15 is 0 Å². The molecule has 0 bridgehead atoms. The fourth-order valence-electron chi connectivity index (χ4n) is 2.97. The Morgan fingerprint density at radius 1 is 1.47 bits per heavy atom. The fourth-order valence-corrected chi connectivity index (χ4v) is 3.49. The molecule has 0 radical (unpaired) electrons. The molecule has 3 rings (SSSR count). The lowest BCUT2D eigenvalue weighted by atomic mass is 9.80. The zero-order valence-electron chi connectivity index (χ0n) is 11.1. The van der Waals surface area contributed by atoms with Crippen LogP contribution in [0.1, 0.15) is 38.1 Å². The van der Waals surface area contributed by atoms with Crippen LogP contribution in [0.25, 0.3) is 11.0 Å². The maximum Gasteiger partial charge on any atom is 0.111 e. The van der Waals surface area contributed by atoms with E-state index < -0.39 is 0 Å². The molecule has 2 aromatic rings. The quantitative estimate of drug-likeness (QED) is 0.720. The van der Waals surface area contributed by atoms with E-state index in [4.69, 9.17) is 16.6 Å². The molecule has 19 heavy (non-hydrogen) atoms. The van der Waals surface area contributed by atoms with E-state index in [1.54, 1.807) is 0 Å². The zero-order valence-corrected chi connectivity index (χ0v) is 13.4. The van der Waals surface area contributed by atoms with Crippen molar-refractivity contribution < 1.29 is 0 Å². The van der Waals surface area contributed by atoms with E-state index in [1.165, 1.54) is 24.8 Å². The smallest absolute Gasteiger partial charge is 0.111 e. The predicted octanol–water partition coefficient (Wildman–Crippen LogP) is 4.94. The monoisotopic (exact) mass is 340 g/mol. The second kappa shape index (κ2) is 5.45. The Labute approximate surface area is 127 Å². The largest absolute Gasteiger partial charge is 0.325 e. The minimum atomic E-state index is 0.526. The molecular weight excluding hydrogens is 324 g/mol. The third kappa shape index (κ3) is 2.43. The van der Waals surface area contributed by atoms with E-state index in [0.29, 0.717) is 11.9 Å². The van der Waals surface area contributed by atoms with Gasteiger partial charge in [-0.05, 0) is 43.9 Å². The molecule has 0 N–H and O–H groups in total. The second-order valence-corrected chi connectivity index (χ2v) is 6.70. The summed E-state index contributed by atoms with van der Waals surface area (Å²) in [4.78, 5) is 4.77. The van der Waals surface area contributed by atoms with Crippen LogP contribution in [0.15, 0.2) is 22.7 Å². The summed E-state index contributed by atoms with van der Waals surface area (Å²) in [6.07, 6.45) is 4.90. The Morgan fingerprint density at radius 3 is 2.89 bits per heavy atom. The summed E-state index contributed by atoms with van der Waals surface area (Å²) in [6.45, 7) is 2.32. The first kappa shape index (κ1) is 13.4. The summed E-state index contributed by atoms with van der Waals surface area (Å²) < 4.78 is 3.49. The summed E-state index contributed by atoms with van der Waals surface area (Å²) in [6, 6.07) is 6.88. The van der Waals surface area contributed by atoms with Crippen molar-refractivity contribution in [2.75, 3.05) is 5.88 Å². The molecule has 2 nitrogen and oxygen atoms in total. The molecule has 0 spiro atoms. The molecule has 1 saturated carbocycles. The summed E-state index contributed by atoms with van der Waals surface area (Å²) >= 11 is 9.46. The third-order valence-corrected chi connectivity index (χ3v) is 4.96. The molecule has 4 heteroatoms. The van der Waals surface area contributed by atoms with Gasteiger partial charge in [0.2, 0.25) is 0 Å². The van der Waals surface area contributed by atoms with Gasteiger partial charge >= 0.3 is 0 Å². The number of aryl methyl sites for hydroxylation is 1. The number of imidazole rings is 1. The molecule has 1 unspecified atom stereocenters. The van der Waals surface area contributed by atoms with Crippen molar-refractivity contribution in [3.8, 4) is 0 Å². The molecule has 1 aliphatic carbocycles. The van der Waals surface area contributed by atoms with Crippen LogP contribution in [0.2, 0.25) is 0 Å². The van der Waals surface area contributed by atoms with Gasteiger partial charge in [-0.15, -0.1) is 11.6 Å². The van der Waals surface area contributed by atoms with Crippen molar-refractivity contribution in [2.24, 2.45) is 5.92 Å². The van der Waals surface area contributed by atoms with Crippen molar-refractivity contribution in [1.29, 1.82) is 0 Å². The Bertz CT molecular complexity index is 589. The van der Waals surface area contributed by atoms with Crippen LogP contribution in [0.3, 0.4) is 0 Å². The van der Waals surface area contributed by atoms with Crippen molar-refractivity contribution in [3.63, 3.8) is 0 Å². The molecule has 1 atom stereocenters. The highest BCUT2D eigenvalue weighted by molar-refractivity contribution is 9.10. The Morgan fingerprint density at radius 2 is 2.26 bits per heavy atom. The van der Waals surface area contributed by atoms with Gasteiger partial charge in [-0.1, -0.05) is 22.4 Å². The molecule has 0 saturated heterocycles. The van der Waals surface area contributed by atoms with Crippen LogP contribution in [0, 0.1) is 5.92 Å². The van der Waals surface area contributed by atoms with E-state index in [2.05, 4.69) is 45.6 Å². The summed E-state index contributed by atoms with van der Waals surface area (Å²) in [5, 5.41) is 0. The SMILES string of the molecule is CC(C1CCC1)n1c(CCCl)nc2cc(Br)ccc21. The highest BCUT2D eigenvalue weighted by Crippen LogP contribution is 2.38. The minimum absolute atomic E-state index is 0.526. The maximum absolute atomic E-state index is 5.94. The molecule has 1 aliphatic rings. The molecule has 1 heterocycles. The standard InChI is InChI=1S/C15H18BrClN2/c1-10(11-3-2-4-11)19-14-6-5-12(16)9-13(14)18-15(19)7-8-17/h5-6,9-11H,2-4,7-8H2,1H3. The summed E-state index contributed by atoms with van der Waals surface area (Å²) in [5.41, 5.74) is 2.31. The zero-order chi connectivity index (χ0) is 13.4. The maximum atomic E-state index is 5.94. The predicted molar refractivity (Wildman–Crippen MR) is 83.9 cm³/mol. The van der Waals surface area contributed by atoms with E-state index in [1.807, 2.05) is 0 Å². The summed E-state index contributed by atoms with van der Waals surface area (Å²) in [7, 11) is 0. The van der Waals surface area contributed by atoms with E-state index in [0.717, 1.165) is 28.2 Å². The highest BCUT2D eigenvalue weighted by Gasteiger charge is 2.27. The average molecular weight is 342 g/mol. The third-order valence-electron chi connectivity index (χ3n) is 4.28. The number of hydrogen-bond acceptors (Lipinski definition) is 1. The number of benzene rings is 1. The van der Waals surface area contributed by atoms with Crippen LogP contribution in [-0.2, 0) is 6.42 Å². The molecule has 0 aliphatic heterocycles. The van der Waals surface area contributed by atoms with Gasteiger partial charge in [-0.25, -0.2) is 4.98 Å². The summed E-state index contributed by atoms with van der Waals surface area (Å²) in [5.74, 6) is 2.56. The molecule has 0 amide bonds. The van der Waals surface area contributed by atoms with Crippen LogP contribution in [-0.4, -0.2) is 15.4 Å². The molecular formula is C15H18BrClN2. The molecule has 102 valence electrons. The van der Waals surface area contributed by atoms with Crippen molar-refractivity contribution in [2.45, 2.75) is 38.6 Å². The van der Waals surface area contributed by atoms with Gasteiger partial charge in [0.05, 0.1) is 11.0 Å². The van der Waals surface area contributed by atoms with Crippen LogP contribution in [0.4, 0.5) is 0 Å². The minimum Gasteiger partial charge on any atom is -0.325 e. The van der Waals surface area contributed by atoms with Gasteiger partial charge < -0.3 is 4.57 Å². The number of nitrogens with zero attached hydrogens (tertiary/aromatic N) is 2. The van der Waals surface area contributed by atoms with Gasteiger partial charge in [0.25, 0.3) is 0 Å². The first-order valence-electron chi connectivity index (χ1n) is 6.93. The normalized spacial score (nSPS) is 17.6. The lowest BCUT2D eigenvalue weighted by Gasteiger charge is -2.33. The van der Waals surface area contributed by atoms with Gasteiger partial charge in [-0.3, -0.25) is 0 Å². The lowest BCUT2D eigenvalue weighted by Crippen LogP contribution is -2.24. The van der Waals surface area contributed by atoms with Crippen LogP contribution >= 0.6 is 27.5 Å². The Hall–Kier alpha value is -0.540. The number of rotatable bonds is 4. The van der Waals surface area contributed by atoms with Crippen molar-refractivity contribution in [3.05, 3.63) is 28.5 Å². The fraction of sp³-hybridized carbons (Fsp3) is 0.533. The van der Waals surface area contributed by atoms with Crippen LogP contribution in [0.5, 0.6) is 0 Å². The van der Waals surface area contributed by atoms with Gasteiger partial charge in [0.1, 0.15) is 5.82 Å². The molecule has 1 aromatic carbocycles. The first-order valence-corrected chi connectivity index (χ1v) is 8.26. The number of halogens is 2. The lowest BCUT2D eigenvalue weighted by molar-refractivity contribution is 0.223. The Kier molecular flexibility index (Phi) is 3.86. The second-order valence-electron chi connectivity index (χ2n) is 5.40. The highest BCUT2D eigenvalue weighted by atomic mass is 79.9. The first-order chi connectivity index (χ1) is 9.20. The number of fused-ring (bicyclic) bond motifs is 1. The van der Waals surface area contributed by atoms with Crippen LogP contribution < -0.4 is 0 Å². The number of hydrogen-bond donors (Lipinski definition) is 0.